The Morgan fingerprint density at radius 1 is 1.21 bits per heavy atom. The van der Waals surface area contributed by atoms with Crippen molar-refractivity contribution in [2.24, 2.45) is 11.3 Å². The summed E-state index contributed by atoms with van der Waals surface area (Å²) in [6, 6.07) is 5.40. The van der Waals surface area contributed by atoms with Crippen LogP contribution in [-0.2, 0) is 0 Å². The van der Waals surface area contributed by atoms with E-state index >= 15 is 0 Å². The van der Waals surface area contributed by atoms with E-state index in [1.807, 2.05) is 12.1 Å². The van der Waals surface area contributed by atoms with Gasteiger partial charge < -0.3 is 5.11 Å². The molecule has 1 aromatic rings. The van der Waals surface area contributed by atoms with E-state index in [9.17, 15) is 5.11 Å². The van der Waals surface area contributed by atoms with Gasteiger partial charge in [0.1, 0.15) is 0 Å². The van der Waals surface area contributed by atoms with Gasteiger partial charge in [0.25, 0.3) is 0 Å². The fraction of sp³-hybridized carbons (Fsp3) is 0.625. The molecule has 1 aliphatic carbocycles. The van der Waals surface area contributed by atoms with Gasteiger partial charge in [0.15, 0.2) is 0 Å². The van der Waals surface area contributed by atoms with Crippen LogP contribution in [0.3, 0.4) is 0 Å². The number of rotatable bonds is 4. The number of halogens is 2. The van der Waals surface area contributed by atoms with Crippen molar-refractivity contribution in [3.63, 3.8) is 0 Å². The molecule has 0 amide bonds. The zero-order chi connectivity index (χ0) is 14.0. The van der Waals surface area contributed by atoms with Crippen molar-refractivity contribution in [2.75, 3.05) is 0 Å². The summed E-state index contributed by atoms with van der Waals surface area (Å²) in [5, 5.41) is 12.1. The molecule has 0 spiro atoms. The summed E-state index contributed by atoms with van der Waals surface area (Å²) in [5.74, 6) is 0.582. The normalized spacial score (nSPS) is 19.9. The van der Waals surface area contributed by atoms with Crippen LogP contribution in [0.4, 0.5) is 0 Å². The predicted molar refractivity (Wildman–Crippen MR) is 81.8 cm³/mol. The van der Waals surface area contributed by atoms with Gasteiger partial charge in [-0.2, -0.15) is 0 Å². The van der Waals surface area contributed by atoms with Crippen LogP contribution >= 0.6 is 23.2 Å². The standard InChI is InChI=1S/C16H22Cl2O/c1-11(2)10-16(7-3-4-8-16)15(19)13-6-5-12(17)9-14(13)18/h5-6,9,11,15,19H,3-4,7-8,10H2,1-2H3. The molecule has 1 aromatic carbocycles. The van der Waals surface area contributed by atoms with E-state index in [4.69, 9.17) is 23.2 Å². The van der Waals surface area contributed by atoms with Crippen LogP contribution in [0.5, 0.6) is 0 Å². The fourth-order valence-electron chi connectivity index (χ4n) is 3.53. The quantitative estimate of drug-likeness (QED) is 0.763. The predicted octanol–water partition coefficient (Wildman–Crippen LogP) is 5.63. The maximum atomic E-state index is 10.9. The maximum Gasteiger partial charge on any atom is 0.0860 e. The molecule has 19 heavy (non-hydrogen) atoms. The topological polar surface area (TPSA) is 20.2 Å². The van der Waals surface area contributed by atoms with Crippen molar-refractivity contribution in [1.29, 1.82) is 0 Å². The number of hydrogen-bond donors (Lipinski definition) is 1. The number of aliphatic hydroxyl groups excluding tert-OH is 1. The Kier molecular flexibility index (Phi) is 4.81. The average Bonchev–Trinajstić information content (AvgIpc) is 2.77. The molecule has 1 atom stereocenters. The molecule has 1 unspecified atom stereocenters. The summed E-state index contributed by atoms with van der Waals surface area (Å²) in [7, 11) is 0. The molecule has 0 saturated heterocycles. The van der Waals surface area contributed by atoms with Gasteiger partial charge in [0.2, 0.25) is 0 Å². The van der Waals surface area contributed by atoms with Crippen LogP contribution in [0.15, 0.2) is 18.2 Å². The highest BCUT2D eigenvalue weighted by atomic mass is 35.5. The molecular formula is C16H22Cl2O. The third-order valence-corrected chi connectivity index (χ3v) is 4.81. The fourth-order valence-corrected chi connectivity index (χ4v) is 4.05. The first kappa shape index (κ1) is 15.2. The SMILES string of the molecule is CC(C)CC1(C(O)c2ccc(Cl)cc2Cl)CCCC1. The zero-order valence-corrected chi connectivity index (χ0v) is 13.1. The molecule has 0 heterocycles. The van der Waals surface area contributed by atoms with Gasteiger partial charge in [0, 0.05) is 15.5 Å². The van der Waals surface area contributed by atoms with Crippen LogP contribution in [0.2, 0.25) is 10.0 Å². The van der Waals surface area contributed by atoms with Gasteiger partial charge >= 0.3 is 0 Å². The Morgan fingerprint density at radius 2 is 1.84 bits per heavy atom. The Bertz CT molecular complexity index is 436. The van der Waals surface area contributed by atoms with E-state index in [1.165, 1.54) is 12.8 Å². The molecule has 1 saturated carbocycles. The molecule has 1 nitrogen and oxygen atoms in total. The smallest absolute Gasteiger partial charge is 0.0860 e. The van der Waals surface area contributed by atoms with Gasteiger partial charge in [-0.25, -0.2) is 0 Å². The van der Waals surface area contributed by atoms with E-state index in [0.29, 0.717) is 16.0 Å². The molecule has 0 aromatic heterocycles. The second-order valence-corrected chi connectivity index (χ2v) is 7.08. The molecule has 3 heteroatoms. The van der Waals surface area contributed by atoms with Crippen LogP contribution in [0, 0.1) is 11.3 Å². The van der Waals surface area contributed by atoms with Crippen molar-refractivity contribution in [3.8, 4) is 0 Å². The highest BCUT2D eigenvalue weighted by Gasteiger charge is 2.42. The minimum Gasteiger partial charge on any atom is -0.388 e. The van der Waals surface area contributed by atoms with E-state index in [0.717, 1.165) is 24.8 Å². The van der Waals surface area contributed by atoms with Crippen LogP contribution in [-0.4, -0.2) is 5.11 Å². The van der Waals surface area contributed by atoms with Gasteiger partial charge in [-0.3, -0.25) is 0 Å². The first-order valence-corrected chi connectivity index (χ1v) is 7.83. The second kappa shape index (κ2) is 6.03. The molecule has 1 N–H and O–H groups in total. The summed E-state index contributed by atoms with van der Waals surface area (Å²) >= 11 is 12.2. The van der Waals surface area contributed by atoms with E-state index in [-0.39, 0.29) is 5.41 Å². The number of aliphatic hydroxyl groups is 1. The monoisotopic (exact) mass is 300 g/mol. The van der Waals surface area contributed by atoms with Gasteiger partial charge in [-0.15, -0.1) is 0 Å². The van der Waals surface area contributed by atoms with Crippen LogP contribution in [0.25, 0.3) is 0 Å². The summed E-state index contributed by atoms with van der Waals surface area (Å²) in [5.41, 5.74) is 0.819. The molecule has 0 aliphatic heterocycles. The average molecular weight is 301 g/mol. The van der Waals surface area contributed by atoms with E-state index < -0.39 is 6.10 Å². The van der Waals surface area contributed by atoms with Crippen molar-refractivity contribution < 1.29 is 5.11 Å². The summed E-state index contributed by atoms with van der Waals surface area (Å²) in [6.45, 7) is 4.44. The Hall–Kier alpha value is -0.240. The van der Waals surface area contributed by atoms with Crippen LogP contribution < -0.4 is 0 Å². The molecule has 106 valence electrons. The minimum atomic E-state index is -0.484. The highest BCUT2D eigenvalue weighted by Crippen LogP contribution is 2.52. The number of hydrogen-bond acceptors (Lipinski definition) is 1. The molecule has 1 aliphatic rings. The Morgan fingerprint density at radius 3 is 2.37 bits per heavy atom. The van der Waals surface area contributed by atoms with Crippen molar-refractivity contribution in [2.45, 2.75) is 52.1 Å². The lowest BCUT2D eigenvalue weighted by molar-refractivity contribution is 0.0113. The highest BCUT2D eigenvalue weighted by molar-refractivity contribution is 6.35. The summed E-state index contributed by atoms with van der Waals surface area (Å²) in [4.78, 5) is 0. The summed E-state index contributed by atoms with van der Waals surface area (Å²) < 4.78 is 0. The lowest BCUT2D eigenvalue weighted by Crippen LogP contribution is -2.28. The van der Waals surface area contributed by atoms with Gasteiger partial charge in [-0.1, -0.05) is 56.0 Å². The van der Waals surface area contributed by atoms with E-state index in [2.05, 4.69) is 13.8 Å². The summed E-state index contributed by atoms with van der Waals surface area (Å²) in [6.07, 6.45) is 5.15. The molecule has 2 rings (SSSR count). The largest absolute Gasteiger partial charge is 0.388 e. The van der Waals surface area contributed by atoms with Gasteiger partial charge in [0.05, 0.1) is 6.10 Å². The third-order valence-electron chi connectivity index (χ3n) is 4.25. The molecule has 0 bridgehead atoms. The minimum absolute atomic E-state index is 0.00830. The molecular weight excluding hydrogens is 279 g/mol. The lowest BCUT2D eigenvalue weighted by Gasteiger charge is -2.36. The molecule has 0 radical (unpaired) electrons. The first-order chi connectivity index (χ1) is 8.94. The van der Waals surface area contributed by atoms with Crippen molar-refractivity contribution >= 4 is 23.2 Å². The zero-order valence-electron chi connectivity index (χ0n) is 11.6. The maximum absolute atomic E-state index is 10.9. The number of benzene rings is 1. The Balaban J connectivity index is 2.31. The van der Waals surface area contributed by atoms with Gasteiger partial charge in [-0.05, 0) is 42.9 Å². The van der Waals surface area contributed by atoms with Crippen molar-refractivity contribution in [1.82, 2.24) is 0 Å². The van der Waals surface area contributed by atoms with Crippen molar-refractivity contribution in [3.05, 3.63) is 33.8 Å². The third kappa shape index (κ3) is 3.26. The lowest BCUT2D eigenvalue weighted by atomic mass is 9.72. The Labute approximate surface area is 125 Å². The second-order valence-electron chi connectivity index (χ2n) is 6.24. The van der Waals surface area contributed by atoms with E-state index in [1.54, 1.807) is 6.07 Å². The first-order valence-electron chi connectivity index (χ1n) is 7.08. The molecule has 1 fully saturated rings. The van der Waals surface area contributed by atoms with Crippen LogP contribution in [0.1, 0.15) is 57.6 Å².